The van der Waals surface area contributed by atoms with Crippen LogP contribution >= 0.6 is 7.82 Å². The summed E-state index contributed by atoms with van der Waals surface area (Å²) in [6.45, 7) is 5.98. The van der Waals surface area contributed by atoms with Crippen LogP contribution in [0.15, 0.2) is 36.5 Å². The van der Waals surface area contributed by atoms with Crippen LogP contribution in [0.1, 0.15) is 213 Å². The van der Waals surface area contributed by atoms with E-state index >= 15 is 0 Å². The number of carbonyl (C=O) groups excluding carboxylic acids is 2. The number of hydrogen-bond acceptors (Lipinski definition) is 7. The Labute approximate surface area is 348 Å². The summed E-state index contributed by atoms with van der Waals surface area (Å²) in [5.74, 6) is -0.107. The highest BCUT2D eigenvalue weighted by Gasteiger charge is 2.36. The van der Waals surface area contributed by atoms with Gasteiger partial charge in [0.2, 0.25) is 0 Å². The van der Waals surface area contributed by atoms with Gasteiger partial charge in [0.05, 0.1) is 18.8 Å². The standard InChI is InChI=1S/C47H85O9P/c1-4-5-6-7-8-9-10-20-23-26-29-32-36-44-45(56-44)37-34-39-47(49)55-43(41-54-57(50,51)52)40-53-46(48)38-33-30-27-24-21-18-16-14-12-11-13-15-17-19-22-25-28-31-35-42(2)3/h8-9,20,23,29,32,42-45H,4-7,10-19,21-22,24-28,30-31,33-41H2,1-3H3,(H2,50,51,52)/b9-8-,23-20-,32-29-/t43-,44?,45?/m1/s1. The molecule has 1 heterocycles. The van der Waals surface area contributed by atoms with Gasteiger partial charge in [0.15, 0.2) is 6.10 Å². The lowest BCUT2D eigenvalue weighted by Crippen LogP contribution is -2.29. The van der Waals surface area contributed by atoms with Gasteiger partial charge in [0.25, 0.3) is 0 Å². The number of esters is 2. The molecule has 1 aliphatic rings. The summed E-state index contributed by atoms with van der Waals surface area (Å²) in [4.78, 5) is 43.1. The lowest BCUT2D eigenvalue weighted by atomic mass is 10.0. The van der Waals surface area contributed by atoms with Gasteiger partial charge in [-0.05, 0) is 57.3 Å². The van der Waals surface area contributed by atoms with E-state index in [-0.39, 0.29) is 31.7 Å². The van der Waals surface area contributed by atoms with E-state index in [0.29, 0.717) is 12.8 Å². The lowest BCUT2D eigenvalue weighted by molar-refractivity contribution is -0.161. The van der Waals surface area contributed by atoms with Gasteiger partial charge in [-0.1, -0.05) is 186 Å². The second-order valence-electron chi connectivity index (χ2n) is 16.6. The minimum atomic E-state index is -4.78. The molecule has 0 aromatic carbocycles. The molecule has 0 aliphatic carbocycles. The van der Waals surface area contributed by atoms with E-state index in [0.717, 1.165) is 50.9 Å². The third-order valence-electron chi connectivity index (χ3n) is 10.5. The summed E-state index contributed by atoms with van der Waals surface area (Å²) in [5, 5.41) is 0. The molecular formula is C47H85O9P. The predicted molar refractivity (Wildman–Crippen MR) is 234 cm³/mol. The zero-order valence-electron chi connectivity index (χ0n) is 36.6. The normalized spacial score (nSPS) is 16.4. The van der Waals surface area contributed by atoms with E-state index in [9.17, 15) is 14.2 Å². The fraction of sp³-hybridized carbons (Fsp3) is 0.830. The van der Waals surface area contributed by atoms with Crippen LogP contribution in [0.3, 0.4) is 0 Å². The highest BCUT2D eigenvalue weighted by Crippen LogP contribution is 2.36. The molecule has 9 nitrogen and oxygen atoms in total. The first-order chi connectivity index (χ1) is 27.6. The van der Waals surface area contributed by atoms with Crippen molar-refractivity contribution in [3.63, 3.8) is 0 Å². The van der Waals surface area contributed by atoms with Crippen molar-refractivity contribution in [3.05, 3.63) is 36.5 Å². The summed E-state index contributed by atoms with van der Waals surface area (Å²) in [5.41, 5.74) is 0. The molecular weight excluding hydrogens is 739 g/mol. The molecule has 2 unspecified atom stereocenters. The average molecular weight is 825 g/mol. The molecule has 0 spiro atoms. The van der Waals surface area contributed by atoms with Crippen LogP contribution in [0, 0.1) is 5.92 Å². The quantitative estimate of drug-likeness (QED) is 0.0203. The lowest BCUT2D eigenvalue weighted by Gasteiger charge is -2.18. The number of phosphoric acid groups is 1. The predicted octanol–water partition coefficient (Wildman–Crippen LogP) is 13.4. The fourth-order valence-electron chi connectivity index (χ4n) is 6.94. The highest BCUT2D eigenvalue weighted by atomic mass is 31.2. The number of carbonyl (C=O) groups is 2. The third-order valence-corrected chi connectivity index (χ3v) is 11.0. The Kier molecular flexibility index (Phi) is 34.8. The number of unbranched alkanes of at least 4 members (excludes halogenated alkanes) is 20. The Morgan fingerprint density at radius 2 is 1.12 bits per heavy atom. The van der Waals surface area contributed by atoms with E-state index in [2.05, 4.69) is 61.8 Å². The smallest absolute Gasteiger partial charge is 0.462 e. The fourth-order valence-corrected chi connectivity index (χ4v) is 7.30. The molecule has 1 rings (SSSR count). The van der Waals surface area contributed by atoms with Crippen LogP contribution in [0.4, 0.5) is 0 Å². The molecule has 10 heteroatoms. The molecule has 1 fully saturated rings. The molecule has 0 bridgehead atoms. The zero-order chi connectivity index (χ0) is 41.7. The Balaban J connectivity index is 2.05. The minimum Gasteiger partial charge on any atom is -0.462 e. The van der Waals surface area contributed by atoms with Gasteiger partial charge in [-0.2, -0.15) is 0 Å². The highest BCUT2D eigenvalue weighted by molar-refractivity contribution is 7.46. The number of ether oxygens (including phenoxy) is 3. The first-order valence-electron chi connectivity index (χ1n) is 23.3. The van der Waals surface area contributed by atoms with Crippen LogP contribution < -0.4 is 0 Å². The Morgan fingerprint density at radius 3 is 1.67 bits per heavy atom. The third kappa shape index (κ3) is 38.2. The Bertz CT molecular complexity index is 1100. The number of phosphoric ester groups is 1. The summed E-state index contributed by atoms with van der Waals surface area (Å²) in [6, 6.07) is 0. The number of rotatable bonds is 41. The van der Waals surface area contributed by atoms with Gasteiger partial charge in [-0.15, -0.1) is 0 Å². The number of epoxide rings is 1. The van der Waals surface area contributed by atoms with Crippen molar-refractivity contribution in [1.29, 1.82) is 0 Å². The maximum atomic E-state index is 12.5. The summed E-state index contributed by atoms with van der Waals surface area (Å²) >= 11 is 0. The van der Waals surface area contributed by atoms with Crippen LogP contribution in [0.25, 0.3) is 0 Å². The second kappa shape index (κ2) is 37.2. The Hall–Kier alpha value is -1.77. The van der Waals surface area contributed by atoms with Crippen molar-refractivity contribution in [3.8, 4) is 0 Å². The molecule has 1 aliphatic heterocycles. The molecule has 57 heavy (non-hydrogen) atoms. The van der Waals surface area contributed by atoms with Gasteiger partial charge in [0, 0.05) is 12.8 Å². The summed E-state index contributed by atoms with van der Waals surface area (Å²) < 4.78 is 32.2. The maximum Gasteiger partial charge on any atom is 0.469 e. The van der Waals surface area contributed by atoms with Crippen LogP contribution in [0.2, 0.25) is 0 Å². The van der Waals surface area contributed by atoms with E-state index in [1.807, 2.05) is 0 Å². The van der Waals surface area contributed by atoms with Crippen molar-refractivity contribution in [1.82, 2.24) is 0 Å². The molecule has 0 saturated carbocycles. The first-order valence-corrected chi connectivity index (χ1v) is 24.8. The van der Waals surface area contributed by atoms with Crippen molar-refractivity contribution >= 4 is 19.8 Å². The van der Waals surface area contributed by atoms with E-state index in [1.165, 1.54) is 122 Å². The molecule has 0 radical (unpaired) electrons. The molecule has 0 aromatic heterocycles. The largest absolute Gasteiger partial charge is 0.469 e. The molecule has 332 valence electrons. The average Bonchev–Trinajstić information content (AvgIpc) is 3.92. The second-order valence-corrected chi connectivity index (χ2v) is 17.8. The summed E-state index contributed by atoms with van der Waals surface area (Å²) in [6.07, 6.45) is 46.1. The van der Waals surface area contributed by atoms with Crippen molar-refractivity contribution in [2.45, 2.75) is 232 Å². The van der Waals surface area contributed by atoms with Gasteiger partial charge < -0.3 is 24.0 Å². The van der Waals surface area contributed by atoms with E-state index in [1.54, 1.807) is 0 Å². The van der Waals surface area contributed by atoms with Crippen molar-refractivity contribution < 1.29 is 42.7 Å². The van der Waals surface area contributed by atoms with Gasteiger partial charge in [-0.25, -0.2) is 4.57 Å². The van der Waals surface area contributed by atoms with Gasteiger partial charge >= 0.3 is 19.8 Å². The molecule has 0 aromatic rings. The SMILES string of the molecule is CCCCC/C=C\C/C=C\C/C=C\CC1OC1CCCC(=O)O[C@H](COC(=O)CCCCCCCCCCCCCCCCCCCCC(C)C)COP(=O)(O)O. The topological polar surface area (TPSA) is 132 Å². The van der Waals surface area contributed by atoms with Crippen molar-refractivity contribution in [2.75, 3.05) is 13.2 Å². The molecule has 0 amide bonds. The van der Waals surface area contributed by atoms with E-state index in [4.69, 9.17) is 24.0 Å². The number of hydrogen-bond donors (Lipinski definition) is 2. The molecule has 2 N–H and O–H groups in total. The maximum absolute atomic E-state index is 12.5. The first kappa shape index (κ1) is 53.2. The Morgan fingerprint density at radius 1 is 0.614 bits per heavy atom. The van der Waals surface area contributed by atoms with Crippen molar-refractivity contribution in [2.24, 2.45) is 5.92 Å². The zero-order valence-corrected chi connectivity index (χ0v) is 37.5. The van der Waals surface area contributed by atoms with Gasteiger partial charge in [0.1, 0.15) is 6.61 Å². The van der Waals surface area contributed by atoms with Gasteiger partial charge in [-0.3, -0.25) is 14.1 Å². The molecule has 3 atom stereocenters. The minimum absolute atomic E-state index is 0.115. The number of allylic oxidation sites excluding steroid dienone is 5. The van der Waals surface area contributed by atoms with E-state index < -0.39 is 32.5 Å². The van der Waals surface area contributed by atoms with Crippen LogP contribution in [0.5, 0.6) is 0 Å². The summed E-state index contributed by atoms with van der Waals surface area (Å²) in [7, 11) is -4.78. The molecule has 1 saturated heterocycles. The van der Waals surface area contributed by atoms with Crippen LogP contribution in [-0.2, 0) is 32.9 Å². The van der Waals surface area contributed by atoms with Crippen LogP contribution in [-0.4, -0.2) is 53.3 Å². The monoisotopic (exact) mass is 825 g/mol.